The van der Waals surface area contributed by atoms with E-state index in [0.717, 1.165) is 0 Å². The minimum absolute atomic E-state index is 0.138. The van der Waals surface area contributed by atoms with Crippen molar-refractivity contribution < 1.29 is 24.2 Å². The van der Waals surface area contributed by atoms with Gasteiger partial charge in [0.15, 0.2) is 0 Å². The molecule has 0 aliphatic rings. The topological polar surface area (TPSA) is 84.9 Å². The van der Waals surface area contributed by atoms with E-state index >= 15 is 0 Å². The lowest BCUT2D eigenvalue weighted by atomic mass is 10.4. The summed E-state index contributed by atoms with van der Waals surface area (Å²) in [6.07, 6.45) is -1.09. The fourth-order valence-corrected chi connectivity index (χ4v) is 0.649. The third kappa shape index (κ3) is 8.76. The number of rotatable bonds is 7. The Morgan fingerprint density at radius 3 is 2.53 bits per heavy atom. The Balaban J connectivity index is 3.22. The number of ether oxygens (including phenoxy) is 2. The first-order valence-corrected chi connectivity index (χ1v) is 4.41. The number of carbonyl (C=O) groups excluding carboxylic acids is 1. The van der Waals surface area contributed by atoms with Gasteiger partial charge < -0.3 is 19.9 Å². The third-order valence-corrected chi connectivity index (χ3v) is 1.33. The molecule has 2 N–H and O–H groups in total. The summed E-state index contributed by atoms with van der Waals surface area (Å²) in [5, 5.41) is 10.3. The highest BCUT2D eigenvalue weighted by molar-refractivity contribution is 5.86. The highest BCUT2D eigenvalue weighted by atomic mass is 16.6. The Labute approximate surface area is 87.9 Å². The maximum atomic E-state index is 10.9. The molecule has 15 heavy (non-hydrogen) atoms. The van der Waals surface area contributed by atoms with Crippen LogP contribution in [0.5, 0.6) is 0 Å². The molecule has 0 aliphatic heterocycles. The molecule has 0 rings (SSSR count). The number of hydrogen-bond acceptors (Lipinski definition) is 4. The van der Waals surface area contributed by atoms with E-state index in [-0.39, 0.29) is 26.4 Å². The second kappa shape index (κ2) is 7.81. The van der Waals surface area contributed by atoms with Crippen molar-refractivity contribution in [3.05, 3.63) is 12.2 Å². The lowest BCUT2D eigenvalue weighted by Crippen LogP contribution is -2.25. The summed E-state index contributed by atoms with van der Waals surface area (Å²) in [6, 6.07) is 0. The molecule has 1 amide bonds. The zero-order chi connectivity index (χ0) is 11.7. The number of carboxylic acid groups (broad SMARTS) is 1. The van der Waals surface area contributed by atoms with E-state index in [0.29, 0.717) is 5.57 Å². The van der Waals surface area contributed by atoms with Crippen molar-refractivity contribution >= 4 is 12.1 Å². The van der Waals surface area contributed by atoms with Crippen LogP contribution in [0, 0.1) is 0 Å². The smallest absolute Gasteiger partial charge is 0.404 e. The summed E-state index contributed by atoms with van der Waals surface area (Å²) in [4.78, 5) is 20.9. The van der Waals surface area contributed by atoms with E-state index in [1.165, 1.54) is 0 Å². The molecule has 0 bridgehead atoms. The van der Waals surface area contributed by atoms with Gasteiger partial charge in [-0.1, -0.05) is 6.58 Å². The maximum absolute atomic E-state index is 10.9. The first-order valence-electron chi connectivity index (χ1n) is 4.41. The molecule has 0 aromatic heterocycles. The van der Waals surface area contributed by atoms with E-state index < -0.39 is 12.1 Å². The fourth-order valence-electron chi connectivity index (χ4n) is 0.649. The Morgan fingerprint density at radius 2 is 2.00 bits per heavy atom. The van der Waals surface area contributed by atoms with E-state index in [2.05, 4.69) is 11.9 Å². The van der Waals surface area contributed by atoms with E-state index in [1.807, 2.05) is 0 Å². The Bertz CT molecular complexity index is 239. The number of nitrogens with one attached hydrogen (secondary N) is 1. The Hall–Kier alpha value is -1.56. The number of hydrogen-bond donors (Lipinski definition) is 2. The van der Waals surface area contributed by atoms with Gasteiger partial charge in [-0.05, 0) is 6.92 Å². The molecule has 0 radical (unpaired) electrons. The summed E-state index contributed by atoms with van der Waals surface area (Å²) >= 11 is 0. The molecule has 0 saturated heterocycles. The van der Waals surface area contributed by atoms with Crippen molar-refractivity contribution in [2.45, 2.75) is 6.92 Å². The lowest BCUT2D eigenvalue weighted by molar-refractivity contribution is -0.140. The minimum Gasteiger partial charge on any atom is -0.465 e. The predicted molar refractivity (Wildman–Crippen MR) is 52.6 cm³/mol. The van der Waals surface area contributed by atoms with Gasteiger partial charge in [0.2, 0.25) is 0 Å². The highest BCUT2D eigenvalue weighted by Gasteiger charge is 2.01. The van der Waals surface area contributed by atoms with Crippen LogP contribution in [0.1, 0.15) is 6.92 Å². The second-order valence-corrected chi connectivity index (χ2v) is 2.76. The van der Waals surface area contributed by atoms with Gasteiger partial charge in [-0.3, -0.25) is 0 Å². The van der Waals surface area contributed by atoms with Crippen molar-refractivity contribution in [1.29, 1.82) is 0 Å². The van der Waals surface area contributed by atoms with Crippen LogP contribution in [-0.4, -0.2) is 43.5 Å². The van der Waals surface area contributed by atoms with Gasteiger partial charge in [0.25, 0.3) is 0 Å². The summed E-state index contributed by atoms with van der Waals surface area (Å²) in [5.74, 6) is -0.456. The van der Waals surface area contributed by atoms with Crippen molar-refractivity contribution in [3.63, 3.8) is 0 Å². The SMILES string of the molecule is C=C(C)C(=O)OCCOCCNC(=O)O. The quantitative estimate of drug-likeness (QED) is 0.366. The van der Waals surface area contributed by atoms with Gasteiger partial charge in [-0.25, -0.2) is 9.59 Å². The molecule has 86 valence electrons. The lowest BCUT2D eigenvalue weighted by Gasteiger charge is -2.05. The molecule has 0 heterocycles. The monoisotopic (exact) mass is 217 g/mol. The first-order chi connectivity index (χ1) is 7.04. The number of esters is 1. The van der Waals surface area contributed by atoms with Crippen LogP contribution >= 0.6 is 0 Å². The summed E-state index contributed by atoms with van der Waals surface area (Å²) in [5.41, 5.74) is 0.336. The average molecular weight is 217 g/mol. The van der Waals surface area contributed by atoms with Crippen molar-refractivity contribution in [2.24, 2.45) is 0 Å². The first kappa shape index (κ1) is 13.4. The van der Waals surface area contributed by atoms with Crippen LogP contribution in [0.2, 0.25) is 0 Å². The van der Waals surface area contributed by atoms with Gasteiger partial charge in [0, 0.05) is 12.1 Å². The molecular weight excluding hydrogens is 202 g/mol. The standard InChI is InChI=1S/C9H15NO5/c1-7(2)8(11)15-6-5-14-4-3-10-9(12)13/h10H,1,3-6H2,2H3,(H,12,13). The molecule has 0 saturated carbocycles. The zero-order valence-corrected chi connectivity index (χ0v) is 8.62. The van der Waals surface area contributed by atoms with Crippen LogP contribution in [0.3, 0.4) is 0 Å². The van der Waals surface area contributed by atoms with Gasteiger partial charge in [-0.2, -0.15) is 0 Å². The van der Waals surface area contributed by atoms with Gasteiger partial charge in [0.05, 0.1) is 13.2 Å². The summed E-state index contributed by atoms with van der Waals surface area (Å²) in [7, 11) is 0. The van der Waals surface area contributed by atoms with E-state index in [9.17, 15) is 9.59 Å². The van der Waals surface area contributed by atoms with E-state index in [1.54, 1.807) is 6.92 Å². The summed E-state index contributed by atoms with van der Waals surface area (Å²) < 4.78 is 9.71. The molecule has 0 spiro atoms. The highest BCUT2D eigenvalue weighted by Crippen LogP contribution is 1.91. The molecule has 0 aromatic carbocycles. The second-order valence-electron chi connectivity index (χ2n) is 2.76. The van der Waals surface area contributed by atoms with E-state index in [4.69, 9.17) is 14.6 Å². The van der Waals surface area contributed by atoms with Gasteiger partial charge in [0.1, 0.15) is 6.61 Å². The zero-order valence-electron chi connectivity index (χ0n) is 8.62. The van der Waals surface area contributed by atoms with Crippen molar-refractivity contribution in [1.82, 2.24) is 5.32 Å². The van der Waals surface area contributed by atoms with Crippen LogP contribution in [0.4, 0.5) is 4.79 Å². The van der Waals surface area contributed by atoms with Crippen LogP contribution < -0.4 is 5.32 Å². The fraction of sp³-hybridized carbons (Fsp3) is 0.556. The Morgan fingerprint density at radius 1 is 1.33 bits per heavy atom. The van der Waals surface area contributed by atoms with Crippen LogP contribution in [0.15, 0.2) is 12.2 Å². The molecule has 6 heteroatoms. The largest absolute Gasteiger partial charge is 0.465 e. The third-order valence-electron chi connectivity index (χ3n) is 1.33. The predicted octanol–water partition coefficient (Wildman–Crippen LogP) is 0.390. The van der Waals surface area contributed by atoms with Crippen molar-refractivity contribution in [3.8, 4) is 0 Å². The number of carbonyl (C=O) groups is 2. The van der Waals surface area contributed by atoms with Crippen LogP contribution in [0.25, 0.3) is 0 Å². The molecule has 0 fully saturated rings. The van der Waals surface area contributed by atoms with Gasteiger partial charge in [-0.15, -0.1) is 0 Å². The molecule has 0 unspecified atom stereocenters. The maximum Gasteiger partial charge on any atom is 0.404 e. The minimum atomic E-state index is -1.09. The molecule has 0 aliphatic carbocycles. The normalized spacial score (nSPS) is 9.40. The molecule has 6 nitrogen and oxygen atoms in total. The van der Waals surface area contributed by atoms with Gasteiger partial charge >= 0.3 is 12.1 Å². The Kier molecular flexibility index (Phi) is 7.00. The van der Waals surface area contributed by atoms with Crippen LogP contribution in [-0.2, 0) is 14.3 Å². The van der Waals surface area contributed by atoms with Crippen molar-refractivity contribution in [2.75, 3.05) is 26.4 Å². The average Bonchev–Trinajstić information content (AvgIpc) is 2.15. The molecule has 0 atom stereocenters. The number of amides is 1. The molecule has 0 aromatic rings. The molecular formula is C9H15NO5. The summed E-state index contributed by atoms with van der Waals surface area (Å²) in [6.45, 7) is 5.80.